The molecule has 0 spiro atoms. The smallest absolute Gasteiger partial charge is 0.234 e. The zero-order valence-electron chi connectivity index (χ0n) is 17.5. The van der Waals surface area contributed by atoms with Gasteiger partial charge in [0.2, 0.25) is 5.91 Å². The van der Waals surface area contributed by atoms with E-state index < -0.39 is 0 Å². The highest BCUT2D eigenvalue weighted by Gasteiger charge is 2.22. The van der Waals surface area contributed by atoms with Gasteiger partial charge in [-0.05, 0) is 33.1 Å². The van der Waals surface area contributed by atoms with Crippen molar-refractivity contribution in [2.45, 2.75) is 65.1 Å². The fraction of sp³-hybridized carbons (Fsp3) is 0.850. The van der Waals surface area contributed by atoms with Gasteiger partial charge in [-0.1, -0.05) is 6.42 Å². The van der Waals surface area contributed by atoms with E-state index in [1.54, 1.807) is 0 Å². The zero-order chi connectivity index (χ0) is 19.8. The molecule has 8 heteroatoms. The van der Waals surface area contributed by atoms with Gasteiger partial charge in [-0.3, -0.25) is 14.6 Å². The van der Waals surface area contributed by atoms with E-state index in [1.165, 1.54) is 19.3 Å². The molecule has 1 amide bonds. The number of piperazine rings is 1. The van der Waals surface area contributed by atoms with E-state index in [0.29, 0.717) is 19.7 Å². The summed E-state index contributed by atoms with van der Waals surface area (Å²) in [4.78, 5) is 16.8. The van der Waals surface area contributed by atoms with E-state index in [0.717, 1.165) is 63.8 Å². The summed E-state index contributed by atoms with van der Waals surface area (Å²) in [6, 6.07) is 0. The summed E-state index contributed by atoms with van der Waals surface area (Å²) in [5.74, 6) is 2.37. The lowest BCUT2D eigenvalue weighted by Crippen LogP contribution is -2.49. The Kier molecular flexibility index (Phi) is 8.24. The number of aryl methyl sites for hydroxylation is 1. The largest absolute Gasteiger partial charge is 0.379 e. The molecule has 0 aromatic carbocycles. The van der Waals surface area contributed by atoms with Crippen molar-refractivity contribution in [1.82, 2.24) is 29.9 Å². The maximum absolute atomic E-state index is 12.1. The van der Waals surface area contributed by atoms with Crippen LogP contribution in [0.3, 0.4) is 0 Å². The van der Waals surface area contributed by atoms with Crippen LogP contribution in [0.25, 0.3) is 0 Å². The van der Waals surface area contributed by atoms with Crippen molar-refractivity contribution in [1.29, 1.82) is 0 Å². The molecule has 1 fully saturated rings. The lowest BCUT2D eigenvalue weighted by molar-refractivity contribution is -0.122. The van der Waals surface area contributed by atoms with Crippen molar-refractivity contribution in [2.75, 3.05) is 45.9 Å². The Morgan fingerprint density at radius 1 is 1.07 bits per heavy atom. The molecule has 3 rings (SSSR count). The Morgan fingerprint density at radius 2 is 1.86 bits per heavy atom. The van der Waals surface area contributed by atoms with Gasteiger partial charge < -0.3 is 14.6 Å². The van der Waals surface area contributed by atoms with Crippen LogP contribution in [-0.2, 0) is 29.0 Å². The first kappa shape index (κ1) is 21.2. The van der Waals surface area contributed by atoms with E-state index in [1.807, 2.05) is 13.8 Å². The topological polar surface area (TPSA) is 75.5 Å². The molecule has 0 radical (unpaired) electrons. The van der Waals surface area contributed by atoms with Crippen molar-refractivity contribution in [2.24, 2.45) is 0 Å². The first-order valence-electron chi connectivity index (χ1n) is 10.9. The van der Waals surface area contributed by atoms with Crippen LogP contribution < -0.4 is 5.32 Å². The van der Waals surface area contributed by atoms with Crippen molar-refractivity contribution in [3.63, 3.8) is 0 Å². The fourth-order valence-electron chi connectivity index (χ4n) is 3.85. The molecule has 2 aliphatic heterocycles. The van der Waals surface area contributed by atoms with Crippen LogP contribution in [0.15, 0.2) is 0 Å². The normalized spacial score (nSPS) is 18.8. The Hall–Kier alpha value is -1.51. The summed E-state index contributed by atoms with van der Waals surface area (Å²) < 4.78 is 7.82. The predicted octanol–water partition coefficient (Wildman–Crippen LogP) is 1.05. The SMILES string of the molecule is CC(C)OCCCNC(=O)CN1CCN(Cc2nnc3n2CCCCC3)CC1. The molecule has 0 bridgehead atoms. The molecule has 1 saturated heterocycles. The van der Waals surface area contributed by atoms with Crippen LogP contribution in [0, 0.1) is 0 Å². The second kappa shape index (κ2) is 10.9. The predicted molar refractivity (Wildman–Crippen MR) is 108 cm³/mol. The maximum Gasteiger partial charge on any atom is 0.234 e. The fourth-order valence-corrected chi connectivity index (χ4v) is 3.85. The van der Waals surface area contributed by atoms with Crippen LogP contribution >= 0.6 is 0 Å². The van der Waals surface area contributed by atoms with Gasteiger partial charge >= 0.3 is 0 Å². The first-order valence-corrected chi connectivity index (χ1v) is 10.9. The van der Waals surface area contributed by atoms with E-state index >= 15 is 0 Å². The van der Waals surface area contributed by atoms with Gasteiger partial charge in [-0.15, -0.1) is 10.2 Å². The number of hydrogen-bond donors (Lipinski definition) is 1. The lowest BCUT2D eigenvalue weighted by atomic mass is 10.2. The Balaban J connectivity index is 1.33. The molecule has 1 aromatic heterocycles. The monoisotopic (exact) mass is 392 g/mol. The highest BCUT2D eigenvalue weighted by molar-refractivity contribution is 5.77. The standard InChI is InChI=1S/C20H36N6O2/c1-17(2)28-14-6-8-21-20(27)16-25-12-10-24(11-13-25)15-19-23-22-18-7-4-3-5-9-26(18)19/h17H,3-16H2,1-2H3,(H,21,27). The van der Waals surface area contributed by atoms with Crippen molar-refractivity contribution in [3.05, 3.63) is 11.6 Å². The Bertz CT molecular complexity index is 610. The average Bonchev–Trinajstić information content (AvgIpc) is 2.89. The molecule has 8 nitrogen and oxygen atoms in total. The molecular weight excluding hydrogens is 356 g/mol. The van der Waals surface area contributed by atoms with Crippen molar-refractivity contribution < 1.29 is 9.53 Å². The molecule has 1 N–H and O–H groups in total. The molecule has 0 atom stereocenters. The van der Waals surface area contributed by atoms with E-state index in [-0.39, 0.29) is 12.0 Å². The van der Waals surface area contributed by atoms with Crippen LogP contribution in [0.5, 0.6) is 0 Å². The third-order valence-corrected chi connectivity index (χ3v) is 5.48. The second-order valence-electron chi connectivity index (χ2n) is 8.17. The minimum absolute atomic E-state index is 0.112. The molecule has 0 unspecified atom stereocenters. The molecule has 28 heavy (non-hydrogen) atoms. The number of carbonyl (C=O) groups is 1. The number of fused-ring (bicyclic) bond motifs is 1. The summed E-state index contributed by atoms with van der Waals surface area (Å²) in [5.41, 5.74) is 0. The number of amides is 1. The molecular formula is C20H36N6O2. The molecule has 2 aliphatic rings. The van der Waals surface area contributed by atoms with Gasteiger partial charge in [0.15, 0.2) is 0 Å². The van der Waals surface area contributed by atoms with Gasteiger partial charge in [0.25, 0.3) is 0 Å². The minimum Gasteiger partial charge on any atom is -0.379 e. The number of rotatable bonds is 9. The molecule has 0 aliphatic carbocycles. The quantitative estimate of drug-likeness (QED) is 0.633. The first-order chi connectivity index (χ1) is 13.6. The van der Waals surface area contributed by atoms with Crippen LogP contribution in [0.1, 0.15) is 51.2 Å². The number of nitrogens with zero attached hydrogens (tertiary/aromatic N) is 5. The van der Waals surface area contributed by atoms with E-state index in [4.69, 9.17) is 4.74 Å². The molecule has 158 valence electrons. The number of ether oxygens (including phenoxy) is 1. The number of carbonyl (C=O) groups excluding carboxylic acids is 1. The molecule has 0 saturated carbocycles. The summed E-state index contributed by atoms with van der Waals surface area (Å²) in [6.45, 7) is 11.6. The second-order valence-corrected chi connectivity index (χ2v) is 8.17. The van der Waals surface area contributed by atoms with Gasteiger partial charge in [0, 0.05) is 52.3 Å². The summed E-state index contributed by atoms with van der Waals surface area (Å²) >= 11 is 0. The zero-order valence-corrected chi connectivity index (χ0v) is 17.5. The Morgan fingerprint density at radius 3 is 2.64 bits per heavy atom. The van der Waals surface area contributed by atoms with Gasteiger partial charge in [-0.25, -0.2) is 0 Å². The maximum atomic E-state index is 12.1. The molecule has 1 aromatic rings. The van der Waals surface area contributed by atoms with Crippen molar-refractivity contribution in [3.8, 4) is 0 Å². The lowest BCUT2D eigenvalue weighted by Gasteiger charge is -2.34. The van der Waals surface area contributed by atoms with Crippen molar-refractivity contribution >= 4 is 5.91 Å². The number of hydrogen-bond acceptors (Lipinski definition) is 6. The van der Waals surface area contributed by atoms with Crippen LogP contribution in [0.2, 0.25) is 0 Å². The van der Waals surface area contributed by atoms with Crippen LogP contribution in [0.4, 0.5) is 0 Å². The summed E-state index contributed by atoms with van der Waals surface area (Å²) in [6.07, 6.45) is 5.90. The summed E-state index contributed by atoms with van der Waals surface area (Å²) in [7, 11) is 0. The highest BCUT2D eigenvalue weighted by Crippen LogP contribution is 2.16. The summed E-state index contributed by atoms with van der Waals surface area (Å²) in [5, 5.41) is 11.8. The van der Waals surface area contributed by atoms with E-state index in [2.05, 4.69) is 29.9 Å². The van der Waals surface area contributed by atoms with Gasteiger partial charge in [0.05, 0.1) is 19.2 Å². The van der Waals surface area contributed by atoms with Crippen LogP contribution in [-0.4, -0.2) is 82.5 Å². The third-order valence-electron chi connectivity index (χ3n) is 5.48. The highest BCUT2D eigenvalue weighted by atomic mass is 16.5. The molecule has 3 heterocycles. The van der Waals surface area contributed by atoms with E-state index in [9.17, 15) is 4.79 Å². The number of aromatic nitrogens is 3. The Labute approximate surface area is 168 Å². The minimum atomic E-state index is 0.112. The number of nitrogens with one attached hydrogen (secondary N) is 1. The van der Waals surface area contributed by atoms with Gasteiger partial charge in [0.1, 0.15) is 11.6 Å². The van der Waals surface area contributed by atoms with Gasteiger partial charge in [-0.2, -0.15) is 0 Å². The third kappa shape index (κ3) is 6.53. The average molecular weight is 393 g/mol.